The summed E-state index contributed by atoms with van der Waals surface area (Å²) in [6.07, 6.45) is 5.76. The summed E-state index contributed by atoms with van der Waals surface area (Å²) >= 11 is 0. The monoisotopic (exact) mass is 481 g/mol. The van der Waals surface area contributed by atoms with Gasteiger partial charge in [0.1, 0.15) is 5.82 Å². The molecule has 1 spiro atoms. The van der Waals surface area contributed by atoms with Gasteiger partial charge in [0.25, 0.3) is 0 Å². The standard InChI is InChI=1S/C27H27N7O2/c1-32-14-22(19-5-3-2-4-6-19)29-24(32)8-7-23-30-25(33-15-27(16-33)17-36-18-27)21-13-28-34(26(21)31-23)20-9-11-35-12-10-20/h2-6,13-14,20H,9-12,15-18H2,1H3. The predicted molar refractivity (Wildman–Crippen MR) is 135 cm³/mol. The molecule has 0 N–H and O–H groups in total. The fourth-order valence-electron chi connectivity index (χ4n) is 5.33. The molecule has 36 heavy (non-hydrogen) atoms. The molecule has 0 radical (unpaired) electrons. The minimum Gasteiger partial charge on any atom is -0.381 e. The van der Waals surface area contributed by atoms with Crippen molar-refractivity contribution in [2.75, 3.05) is 44.4 Å². The van der Waals surface area contributed by atoms with Gasteiger partial charge in [-0.1, -0.05) is 30.3 Å². The Morgan fingerprint density at radius 1 is 0.972 bits per heavy atom. The third-order valence-corrected chi connectivity index (χ3v) is 7.37. The molecule has 0 aliphatic carbocycles. The quantitative estimate of drug-likeness (QED) is 0.416. The Bertz CT molecular complexity index is 1480. The number of imidazole rings is 1. The summed E-state index contributed by atoms with van der Waals surface area (Å²) in [6.45, 7) is 5.02. The van der Waals surface area contributed by atoms with E-state index in [0.717, 1.165) is 80.5 Å². The van der Waals surface area contributed by atoms with Crippen LogP contribution in [-0.4, -0.2) is 68.8 Å². The van der Waals surface area contributed by atoms with Crippen molar-refractivity contribution >= 4 is 16.9 Å². The van der Waals surface area contributed by atoms with Gasteiger partial charge in [0, 0.05) is 45.1 Å². The molecule has 3 fully saturated rings. The molecule has 3 aromatic heterocycles. The molecule has 6 heterocycles. The molecule has 9 heteroatoms. The smallest absolute Gasteiger partial charge is 0.209 e. The SMILES string of the molecule is Cn1cc(-c2ccccc2)nc1C#Cc1nc(N2CC3(COC3)C2)c2cnn(C3CCOCC3)c2n1. The average molecular weight is 482 g/mol. The second-order valence-electron chi connectivity index (χ2n) is 10.1. The first kappa shape index (κ1) is 21.5. The van der Waals surface area contributed by atoms with Crippen molar-refractivity contribution in [3.05, 3.63) is 54.4 Å². The first-order valence-electron chi connectivity index (χ1n) is 12.4. The second kappa shape index (κ2) is 8.43. The Balaban J connectivity index is 1.27. The van der Waals surface area contributed by atoms with Gasteiger partial charge in [-0.25, -0.2) is 19.6 Å². The van der Waals surface area contributed by atoms with Crippen LogP contribution in [0, 0.1) is 17.3 Å². The van der Waals surface area contributed by atoms with E-state index < -0.39 is 0 Å². The van der Waals surface area contributed by atoms with Gasteiger partial charge in [-0.15, -0.1) is 0 Å². The molecule has 0 amide bonds. The molecule has 3 aliphatic rings. The van der Waals surface area contributed by atoms with Crippen molar-refractivity contribution in [2.45, 2.75) is 18.9 Å². The van der Waals surface area contributed by atoms with Crippen LogP contribution in [0.1, 0.15) is 30.5 Å². The van der Waals surface area contributed by atoms with Crippen molar-refractivity contribution in [1.82, 2.24) is 29.3 Å². The summed E-state index contributed by atoms with van der Waals surface area (Å²) in [5, 5.41) is 5.72. The van der Waals surface area contributed by atoms with Crippen molar-refractivity contribution < 1.29 is 9.47 Å². The number of rotatable bonds is 3. The molecule has 3 saturated heterocycles. The van der Waals surface area contributed by atoms with E-state index in [-0.39, 0.29) is 11.5 Å². The van der Waals surface area contributed by atoms with Gasteiger partial charge in [0.2, 0.25) is 5.82 Å². The number of nitrogens with zero attached hydrogens (tertiary/aromatic N) is 7. The number of ether oxygens (including phenoxy) is 2. The minimum atomic E-state index is 0.269. The Morgan fingerprint density at radius 3 is 2.53 bits per heavy atom. The number of anilines is 1. The Labute approximate surface area is 209 Å². The maximum absolute atomic E-state index is 5.57. The number of benzene rings is 1. The average Bonchev–Trinajstić information content (AvgIpc) is 3.45. The van der Waals surface area contributed by atoms with Crippen LogP contribution in [-0.2, 0) is 16.5 Å². The number of fused-ring (bicyclic) bond motifs is 1. The van der Waals surface area contributed by atoms with Gasteiger partial charge in [0.05, 0.1) is 41.9 Å². The van der Waals surface area contributed by atoms with Crippen molar-refractivity contribution in [3.63, 3.8) is 0 Å². The lowest BCUT2D eigenvalue weighted by Crippen LogP contribution is -2.66. The third kappa shape index (κ3) is 3.65. The van der Waals surface area contributed by atoms with Crippen LogP contribution in [0.15, 0.2) is 42.7 Å². The van der Waals surface area contributed by atoms with E-state index in [2.05, 4.69) is 16.7 Å². The number of hydrogen-bond donors (Lipinski definition) is 0. The van der Waals surface area contributed by atoms with Crippen LogP contribution < -0.4 is 4.90 Å². The zero-order valence-corrected chi connectivity index (χ0v) is 20.2. The molecule has 0 unspecified atom stereocenters. The Hall–Kier alpha value is -3.74. The molecule has 1 aromatic carbocycles. The van der Waals surface area contributed by atoms with Gasteiger partial charge < -0.3 is 18.9 Å². The first-order chi connectivity index (χ1) is 17.7. The zero-order chi connectivity index (χ0) is 24.1. The Kier molecular flexibility index (Phi) is 5.04. The van der Waals surface area contributed by atoms with E-state index >= 15 is 0 Å². The summed E-state index contributed by atoms with van der Waals surface area (Å²) < 4.78 is 15.0. The van der Waals surface area contributed by atoms with Gasteiger partial charge in [-0.05, 0) is 24.7 Å². The van der Waals surface area contributed by atoms with E-state index in [1.54, 1.807) is 0 Å². The molecule has 7 rings (SSSR count). The molecular weight excluding hydrogens is 454 g/mol. The summed E-state index contributed by atoms with van der Waals surface area (Å²) in [4.78, 5) is 16.8. The summed E-state index contributed by atoms with van der Waals surface area (Å²) in [5.41, 5.74) is 3.08. The van der Waals surface area contributed by atoms with Crippen LogP contribution >= 0.6 is 0 Å². The summed E-state index contributed by atoms with van der Waals surface area (Å²) in [6, 6.07) is 10.4. The van der Waals surface area contributed by atoms with Crippen LogP contribution in [0.2, 0.25) is 0 Å². The van der Waals surface area contributed by atoms with E-state index in [4.69, 9.17) is 29.5 Å². The Morgan fingerprint density at radius 2 is 1.78 bits per heavy atom. The molecule has 4 aromatic rings. The van der Waals surface area contributed by atoms with E-state index in [1.165, 1.54) is 0 Å². The van der Waals surface area contributed by atoms with Crippen molar-refractivity contribution in [3.8, 4) is 23.1 Å². The summed E-state index contributed by atoms with van der Waals surface area (Å²) in [7, 11) is 1.96. The number of aryl methyl sites for hydroxylation is 1. The molecule has 3 aliphatic heterocycles. The molecule has 182 valence electrons. The third-order valence-electron chi connectivity index (χ3n) is 7.37. The lowest BCUT2D eigenvalue weighted by molar-refractivity contribution is -0.127. The zero-order valence-electron chi connectivity index (χ0n) is 20.2. The second-order valence-corrected chi connectivity index (χ2v) is 10.1. The van der Waals surface area contributed by atoms with Gasteiger partial charge in [0.15, 0.2) is 11.5 Å². The highest BCUT2D eigenvalue weighted by Gasteiger charge is 2.50. The molecule has 0 atom stereocenters. The normalized spacial score (nSPS) is 19.1. The molecule has 0 bridgehead atoms. The fraction of sp³-hybridized carbons (Fsp3) is 0.407. The lowest BCUT2D eigenvalue weighted by atomic mass is 9.78. The minimum absolute atomic E-state index is 0.269. The van der Waals surface area contributed by atoms with Crippen LogP contribution in [0.4, 0.5) is 5.82 Å². The van der Waals surface area contributed by atoms with Crippen LogP contribution in [0.25, 0.3) is 22.3 Å². The number of aromatic nitrogens is 6. The topological polar surface area (TPSA) is 83.1 Å². The van der Waals surface area contributed by atoms with Crippen molar-refractivity contribution in [2.24, 2.45) is 12.5 Å². The number of hydrogen-bond acceptors (Lipinski definition) is 7. The van der Waals surface area contributed by atoms with Crippen LogP contribution in [0.3, 0.4) is 0 Å². The summed E-state index contributed by atoms with van der Waals surface area (Å²) in [5.74, 6) is 8.47. The highest BCUT2D eigenvalue weighted by molar-refractivity contribution is 5.88. The molecule has 0 saturated carbocycles. The molecular formula is C27H27N7O2. The van der Waals surface area contributed by atoms with Gasteiger partial charge in [-0.2, -0.15) is 5.10 Å². The van der Waals surface area contributed by atoms with Gasteiger partial charge in [-0.3, -0.25) is 0 Å². The van der Waals surface area contributed by atoms with Gasteiger partial charge >= 0.3 is 0 Å². The highest BCUT2D eigenvalue weighted by Crippen LogP contribution is 2.41. The predicted octanol–water partition coefficient (Wildman–Crippen LogP) is 2.81. The maximum atomic E-state index is 5.57. The van der Waals surface area contributed by atoms with Crippen molar-refractivity contribution in [1.29, 1.82) is 0 Å². The highest BCUT2D eigenvalue weighted by atomic mass is 16.5. The first-order valence-corrected chi connectivity index (χ1v) is 12.4. The maximum Gasteiger partial charge on any atom is 0.209 e. The molecule has 9 nitrogen and oxygen atoms in total. The lowest BCUT2D eigenvalue weighted by Gasteiger charge is -2.55. The van der Waals surface area contributed by atoms with Crippen LogP contribution in [0.5, 0.6) is 0 Å². The van der Waals surface area contributed by atoms with E-state index in [1.807, 2.05) is 59.0 Å². The van der Waals surface area contributed by atoms with E-state index in [9.17, 15) is 0 Å². The van der Waals surface area contributed by atoms with E-state index in [0.29, 0.717) is 11.6 Å². The largest absolute Gasteiger partial charge is 0.381 e. The fourth-order valence-corrected chi connectivity index (χ4v) is 5.33.